The standard InChI is InChI=1S/C29H31N5O3/c1-37-24-8-6-22(7-9-24)34-27-25(26(18-30)31-34)12-17-33(28(27)36)21-4-2-20(3-5-21)29(13-14-29)19-32-15-10-23(35)11-16-32/h2-9,23,35H,10-17,19H2,1H3. The zero-order chi connectivity index (χ0) is 25.6. The number of hydrogen-bond donors (Lipinski definition) is 1. The Morgan fingerprint density at radius 2 is 1.73 bits per heavy atom. The monoisotopic (exact) mass is 497 g/mol. The average Bonchev–Trinajstić information content (AvgIpc) is 3.62. The molecular formula is C29H31N5O3. The highest BCUT2D eigenvalue weighted by Gasteiger charge is 2.45. The molecule has 0 bridgehead atoms. The minimum atomic E-state index is -0.154. The summed E-state index contributed by atoms with van der Waals surface area (Å²) in [5, 5.41) is 24.0. The van der Waals surface area contributed by atoms with Gasteiger partial charge in [-0.1, -0.05) is 12.1 Å². The first-order valence-electron chi connectivity index (χ1n) is 13.0. The highest BCUT2D eigenvalue weighted by atomic mass is 16.5. The first kappa shape index (κ1) is 23.7. The van der Waals surface area contributed by atoms with Crippen molar-refractivity contribution in [2.75, 3.05) is 38.2 Å². The number of benzene rings is 2. The molecule has 0 radical (unpaired) electrons. The lowest BCUT2D eigenvalue weighted by Crippen LogP contribution is -2.40. The fourth-order valence-corrected chi connectivity index (χ4v) is 5.80. The summed E-state index contributed by atoms with van der Waals surface area (Å²) in [7, 11) is 1.61. The molecule has 8 heteroatoms. The molecule has 3 heterocycles. The van der Waals surface area contributed by atoms with Gasteiger partial charge in [-0.15, -0.1) is 0 Å². The van der Waals surface area contributed by atoms with Gasteiger partial charge in [0.25, 0.3) is 5.91 Å². The number of nitrogens with zero attached hydrogens (tertiary/aromatic N) is 5. The molecule has 8 nitrogen and oxygen atoms in total. The predicted octanol–water partition coefficient (Wildman–Crippen LogP) is 3.44. The number of methoxy groups -OCH3 is 1. The van der Waals surface area contributed by atoms with E-state index < -0.39 is 0 Å². The van der Waals surface area contributed by atoms with E-state index in [0.717, 1.165) is 38.2 Å². The first-order valence-corrected chi connectivity index (χ1v) is 13.0. The number of rotatable bonds is 6. The van der Waals surface area contributed by atoms with Crippen LogP contribution in [-0.2, 0) is 11.8 Å². The lowest BCUT2D eigenvalue weighted by Gasteiger charge is -2.33. The Balaban J connectivity index is 1.24. The zero-order valence-corrected chi connectivity index (χ0v) is 21.1. The van der Waals surface area contributed by atoms with Gasteiger partial charge in [0.2, 0.25) is 0 Å². The van der Waals surface area contributed by atoms with Crippen molar-refractivity contribution >= 4 is 11.6 Å². The van der Waals surface area contributed by atoms with Gasteiger partial charge in [-0.3, -0.25) is 4.79 Å². The Morgan fingerprint density at radius 1 is 1.05 bits per heavy atom. The van der Waals surface area contributed by atoms with Crippen molar-refractivity contribution in [2.24, 2.45) is 0 Å². The summed E-state index contributed by atoms with van der Waals surface area (Å²) in [4.78, 5) is 18.0. The number of anilines is 1. The molecule has 1 amide bonds. The second-order valence-electron chi connectivity index (χ2n) is 10.4. The summed E-state index contributed by atoms with van der Waals surface area (Å²) in [5.74, 6) is 0.566. The van der Waals surface area contributed by atoms with Gasteiger partial charge in [0, 0.05) is 42.8 Å². The zero-order valence-electron chi connectivity index (χ0n) is 21.1. The lowest BCUT2D eigenvalue weighted by atomic mass is 9.93. The summed E-state index contributed by atoms with van der Waals surface area (Å²) in [6.45, 7) is 3.45. The average molecular weight is 498 g/mol. The van der Waals surface area contributed by atoms with Crippen LogP contribution < -0.4 is 9.64 Å². The maximum Gasteiger partial charge on any atom is 0.277 e. The van der Waals surface area contributed by atoms with Crippen LogP contribution in [0.4, 0.5) is 5.69 Å². The number of aromatic nitrogens is 2. The maximum atomic E-state index is 13.8. The molecule has 3 aromatic rings. The molecule has 190 valence electrons. The molecule has 37 heavy (non-hydrogen) atoms. The molecule has 2 aromatic carbocycles. The number of aliphatic hydroxyl groups excluding tert-OH is 1. The van der Waals surface area contributed by atoms with E-state index in [9.17, 15) is 15.2 Å². The number of amides is 1. The molecule has 1 saturated carbocycles. The molecule has 2 aliphatic heterocycles. The second-order valence-corrected chi connectivity index (χ2v) is 10.4. The van der Waals surface area contributed by atoms with Crippen LogP contribution in [0, 0.1) is 11.3 Å². The lowest BCUT2D eigenvalue weighted by molar-refractivity contribution is 0.0780. The molecule has 1 aromatic heterocycles. The van der Waals surface area contributed by atoms with Crippen molar-refractivity contribution in [3.8, 4) is 17.5 Å². The van der Waals surface area contributed by atoms with Crippen molar-refractivity contribution in [1.29, 1.82) is 5.26 Å². The number of fused-ring (bicyclic) bond motifs is 1. The number of piperidine rings is 1. The summed E-state index contributed by atoms with van der Waals surface area (Å²) in [6.07, 6.45) is 4.49. The van der Waals surface area contributed by atoms with Gasteiger partial charge in [-0.05, 0) is 74.1 Å². The smallest absolute Gasteiger partial charge is 0.277 e. The fraction of sp³-hybridized carbons (Fsp3) is 0.414. The van der Waals surface area contributed by atoms with Gasteiger partial charge in [-0.25, -0.2) is 4.68 Å². The Hall–Kier alpha value is -3.67. The molecule has 0 spiro atoms. The van der Waals surface area contributed by atoms with Crippen LogP contribution >= 0.6 is 0 Å². The number of likely N-dealkylation sites (tertiary alicyclic amines) is 1. The molecule has 1 aliphatic carbocycles. The van der Waals surface area contributed by atoms with Crippen molar-refractivity contribution in [1.82, 2.24) is 14.7 Å². The maximum absolute atomic E-state index is 13.8. The minimum absolute atomic E-state index is 0.146. The van der Waals surface area contributed by atoms with Crippen LogP contribution in [0.25, 0.3) is 5.69 Å². The van der Waals surface area contributed by atoms with Gasteiger partial charge in [0.15, 0.2) is 5.69 Å². The SMILES string of the molecule is COc1ccc(-n2nc(C#N)c3c2C(=O)N(c2ccc(C4(CN5CCC(O)CC5)CC4)cc2)CC3)cc1. The van der Waals surface area contributed by atoms with Crippen LogP contribution in [0.2, 0.25) is 0 Å². The summed E-state index contributed by atoms with van der Waals surface area (Å²) >= 11 is 0. The van der Waals surface area contributed by atoms with Gasteiger partial charge in [0.1, 0.15) is 17.5 Å². The number of nitriles is 1. The molecule has 3 aliphatic rings. The summed E-state index contributed by atoms with van der Waals surface area (Å²) < 4.78 is 6.84. The third kappa shape index (κ3) is 4.28. The Labute approximate surface area is 216 Å². The molecule has 2 fully saturated rings. The van der Waals surface area contributed by atoms with Crippen LogP contribution in [-0.4, -0.2) is 65.1 Å². The largest absolute Gasteiger partial charge is 0.497 e. The highest BCUT2D eigenvalue weighted by molar-refractivity contribution is 6.07. The Kier molecular flexibility index (Phi) is 5.98. The van der Waals surface area contributed by atoms with Crippen LogP contribution in [0.1, 0.15) is 53.0 Å². The molecule has 0 atom stereocenters. The third-order valence-electron chi connectivity index (χ3n) is 8.17. The number of carbonyl (C=O) groups excluding carboxylic acids is 1. The number of aliphatic hydroxyl groups is 1. The third-order valence-corrected chi connectivity index (χ3v) is 8.17. The van der Waals surface area contributed by atoms with Crippen LogP contribution in [0.5, 0.6) is 5.75 Å². The van der Waals surface area contributed by atoms with E-state index in [-0.39, 0.29) is 17.4 Å². The number of carbonyl (C=O) groups is 1. The predicted molar refractivity (Wildman–Crippen MR) is 139 cm³/mol. The van der Waals surface area contributed by atoms with Gasteiger partial charge >= 0.3 is 0 Å². The van der Waals surface area contributed by atoms with E-state index in [4.69, 9.17) is 4.74 Å². The highest BCUT2D eigenvalue weighted by Crippen LogP contribution is 2.49. The van der Waals surface area contributed by atoms with Gasteiger partial charge in [-0.2, -0.15) is 10.4 Å². The normalized spacial score (nSPS) is 19.4. The van der Waals surface area contributed by atoms with Gasteiger partial charge in [0.05, 0.1) is 18.9 Å². The van der Waals surface area contributed by atoms with E-state index in [1.54, 1.807) is 16.7 Å². The molecule has 6 rings (SSSR count). The van der Waals surface area contributed by atoms with Crippen LogP contribution in [0.15, 0.2) is 48.5 Å². The quantitative estimate of drug-likeness (QED) is 0.561. The molecule has 1 saturated heterocycles. The van der Waals surface area contributed by atoms with Gasteiger partial charge < -0.3 is 19.6 Å². The van der Waals surface area contributed by atoms with E-state index in [0.29, 0.717) is 41.4 Å². The van der Waals surface area contributed by atoms with E-state index in [1.807, 2.05) is 24.3 Å². The second kappa shape index (κ2) is 9.33. The Morgan fingerprint density at radius 3 is 2.35 bits per heavy atom. The first-order chi connectivity index (χ1) is 18.0. The molecule has 1 N–H and O–H groups in total. The summed E-state index contributed by atoms with van der Waals surface area (Å²) in [5.41, 5.74) is 4.54. The fourth-order valence-electron chi connectivity index (χ4n) is 5.80. The van der Waals surface area contributed by atoms with E-state index in [2.05, 4.69) is 40.3 Å². The van der Waals surface area contributed by atoms with Crippen molar-refractivity contribution < 1.29 is 14.6 Å². The van der Waals surface area contributed by atoms with E-state index >= 15 is 0 Å². The number of ether oxygens (including phenoxy) is 1. The topological polar surface area (TPSA) is 94.6 Å². The van der Waals surface area contributed by atoms with E-state index in [1.165, 1.54) is 18.4 Å². The van der Waals surface area contributed by atoms with Crippen molar-refractivity contribution in [2.45, 2.75) is 43.6 Å². The molecule has 0 unspecified atom stereocenters. The van der Waals surface area contributed by atoms with Crippen LogP contribution in [0.3, 0.4) is 0 Å². The van der Waals surface area contributed by atoms with Crippen molar-refractivity contribution in [3.63, 3.8) is 0 Å². The minimum Gasteiger partial charge on any atom is -0.497 e. The number of hydrogen-bond acceptors (Lipinski definition) is 6. The molecular weight excluding hydrogens is 466 g/mol. The van der Waals surface area contributed by atoms with Crippen molar-refractivity contribution in [3.05, 3.63) is 71.0 Å². The Bertz CT molecular complexity index is 1340. The summed E-state index contributed by atoms with van der Waals surface area (Å²) in [6, 6.07) is 17.9.